The lowest BCUT2D eigenvalue weighted by atomic mass is 10.2. The van der Waals surface area contributed by atoms with Crippen molar-refractivity contribution in [2.24, 2.45) is 26.2 Å². The van der Waals surface area contributed by atoms with E-state index in [9.17, 15) is 0 Å². The average Bonchev–Trinajstić information content (AvgIpc) is 3.41. The average molecular weight is 411 g/mol. The fourth-order valence-corrected chi connectivity index (χ4v) is 4.68. The highest BCUT2D eigenvalue weighted by Crippen LogP contribution is 2.31. The molecule has 4 aromatic rings. The van der Waals surface area contributed by atoms with Crippen molar-refractivity contribution in [1.82, 2.24) is 34.1 Å². The molecule has 0 aliphatic carbocycles. The summed E-state index contributed by atoms with van der Waals surface area (Å²) in [5.41, 5.74) is 5.14. The second kappa shape index (κ2) is 7.12. The number of nitrogens with zero attached hydrogens (tertiary/aromatic N) is 8. The van der Waals surface area contributed by atoms with Crippen LogP contribution >= 0.6 is 11.3 Å². The Morgan fingerprint density at radius 1 is 1.07 bits per heavy atom. The maximum Gasteiger partial charge on any atom is 0.152 e. The third-order valence-electron chi connectivity index (χ3n) is 4.98. The summed E-state index contributed by atoms with van der Waals surface area (Å²) in [7, 11) is 5.88. The van der Waals surface area contributed by atoms with Crippen LogP contribution in [0.15, 0.2) is 29.6 Å². The monoisotopic (exact) mass is 410 g/mol. The number of ether oxygens (including phenoxy) is 1. The van der Waals surface area contributed by atoms with Crippen molar-refractivity contribution in [3.63, 3.8) is 0 Å². The first-order valence-electron chi connectivity index (χ1n) is 9.37. The highest BCUT2D eigenvalue weighted by molar-refractivity contribution is 7.19. The Balaban J connectivity index is 1.45. The van der Waals surface area contributed by atoms with Gasteiger partial charge in [0.1, 0.15) is 11.7 Å². The van der Waals surface area contributed by atoms with Crippen molar-refractivity contribution in [2.75, 3.05) is 6.73 Å². The minimum absolute atomic E-state index is 0.420. The van der Waals surface area contributed by atoms with Crippen LogP contribution in [0.5, 0.6) is 0 Å². The van der Waals surface area contributed by atoms with E-state index in [1.807, 2.05) is 61.6 Å². The van der Waals surface area contributed by atoms with Gasteiger partial charge in [-0.05, 0) is 12.1 Å². The molecule has 1 aliphatic rings. The molecule has 0 fully saturated rings. The number of hydrogen-bond acceptors (Lipinski definition) is 7. The van der Waals surface area contributed by atoms with Crippen LogP contribution in [0, 0.1) is 0 Å². The summed E-state index contributed by atoms with van der Waals surface area (Å²) in [6, 6.07) is 4.02. The zero-order valence-electron chi connectivity index (χ0n) is 16.6. The number of rotatable bonds is 4. The quantitative estimate of drug-likeness (QED) is 0.514. The van der Waals surface area contributed by atoms with Gasteiger partial charge in [0.2, 0.25) is 0 Å². The van der Waals surface area contributed by atoms with Gasteiger partial charge in [-0.15, -0.1) is 11.3 Å². The third-order valence-corrected chi connectivity index (χ3v) is 6.05. The van der Waals surface area contributed by atoms with Crippen LogP contribution in [0.4, 0.5) is 0 Å². The van der Waals surface area contributed by atoms with Crippen LogP contribution in [0.2, 0.25) is 0 Å². The number of hydrogen-bond donors (Lipinski definition) is 0. The maximum absolute atomic E-state index is 5.92. The van der Waals surface area contributed by atoms with E-state index in [0.29, 0.717) is 19.9 Å². The molecule has 1 aliphatic heterocycles. The molecule has 0 N–H and O–H groups in total. The van der Waals surface area contributed by atoms with Crippen molar-refractivity contribution in [3.8, 4) is 0 Å². The van der Waals surface area contributed by atoms with Gasteiger partial charge in [-0.25, -0.2) is 4.98 Å². The maximum atomic E-state index is 5.92. The van der Waals surface area contributed by atoms with Gasteiger partial charge in [0, 0.05) is 45.5 Å². The molecule has 0 atom stereocenters. The second-order valence-corrected chi connectivity index (χ2v) is 8.29. The molecule has 0 bridgehead atoms. The van der Waals surface area contributed by atoms with E-state index in [0.717, 1.165) is 44.4 Å². The van der Waals surface area contributed by atoms with E-state index in [1.54, 1.807) is 16.0 Å². The summed E-state index contributed by atoms with van der Waals surface area (Å²) < 4.78 is 12.8. The number of hydrazone groups is 1. The molecular weight excluding hydrogens is 388 g/mol. The third kappa shape index (κ3) is 3.45. The van der Waals surface area contributed by atoms with Gasteiger partial charge in [-0.2, -0.15) is 15.3 Å². The smallest absolute Gasteiger partial charge is 0.152 e. The molecule has 9 nitrogen and oxygen atoms in total. The van der Waals surface area contributed by atoms with Gasteiger partial charge in [-0.3, -0.25) is 14.4 Å². The van der Waals surface area contributed by atoms with E-state index < -0.39 is 0 Å². The predicted octanol–water partition coefficient (Wildman–Crippen LogP) is 2.02. The fourth-order valence-electron chi connectivity index (χ4n) is 3.53. The summed E-state index contributed by atoms with van der Waals surface area (Å²) in [5.74, 6) is 0. The van der Waals surface area contributed by atoms with Gasteiger partial charge in [0.05, 0.1) is 41.1 Å². The minimum atomic E-state index is 0.420. The Morgan fingerprint density at radius 3 is 2.55 bits per heavy atom. The van der Waals surface area contributed by atoms with Crippen LogP contribution in [0.3, 0.4) is 0 Å². The second-order valence-electron chi connectivity index (χ2n) is 7.20. The zero-order chi connectivity index (χ0) is 20.0. The van der Waals surface area contributed by atoms with E-state index >= 15 is 0 Å². The molecular formula is C19H22N8OS. The minimum Gasteiger partial charge on any atom is -0.353 e. The Labute approximate surface area is 171 Å². The molecule has 150 valence electrons. The van der Waals surface area contributed by atoms with Gasteiger partial charge < -0.3 is 9.30 Å². The molecule has 0 amide bonds. The molecule has 0 unspecified atom stereocenters. The molecule has 0 saturated heterocycles. The van der Waals surface area contributed by atoms with Crippen LogP contribution in [0.1, 0.15) is 27.7 Å². The topological polar surface area (TPSA) is 78.3 Å². The first-order valence-corrected chi connectivity index (χ1v) is 10.2. The van der Waals surface area contributed by atoms with Crippen LogP contribution in [0.25, 0.3) is 10.3 Å². The van der Waals surface area contributed by atoms with Crippen LogP contribution in [-0.4, -0.2) is 47.1 Å². The van der Waals surface area contributed by atoms with Crippen molar-refractivity contribution in [2.45, 2.75) is 19.6 Å². The summed E-state index contributed by atoms with van der Waals surface area (Å²) >= 11 is 1.70. The number of fused-ring (bicyclic) bond motifs is 3. The lowest BCUT2D eigenvalue weighted by Crippen LogP contribution is -2.23. The summed E-state index contributed by atoms with van der Waals surface area (Å²) in [6.07, 6.45) is 6.56. The van der Waals surface area contributed by atoms with Crippen LogP contribution in [-0.2, 0) is 45.5 Å². The summed E-state index contributed by atoms with van der Waals surface area (Å²) in [6.45, 7) is 1.55. The molecule has 0 radical (unpaired) electrons. The van der Waals surface area contributed by atoms with E-state index in [4.69, 9.17) is 9.72 Å². The Morgan fingerprint density at radius 2 is 1.83 bits per heavy atom. The van der Waals surface area contributed by atoms with E-state index in [2.05, 4.69) is 19.9 Å². The standard InChI is InChI=1S/C19H22N8OS/c1-24-6-4-13(22-24)8-17-21-19-18(29-17)15-9-20-27(10-14-5-7-25(2)23-14)12-28-11-16(15)26(19)3/h4-7,9H,8,10-12H2,1-3H3/b20-9-. The lowest BCUT2D eigenvalue weighted by Gasteiger charge is -2.20. The number of thiazole rings is 1. The van der Waals surface area contributed by atoms with E-state index in [1.165, 1.54) is 0 Å². The van der Waals surface area contributed by atoms with Gasteiger partial charge in [-0.1, -0.05) is 0 Å². The molecule has 4 aromatic heterocycles. The largest absolute Gasteiger partial charge is 0.353 e. The zero-order valence-corrected chi connectivity index (χ0v) is 17.4. The van der Waals surface area contributed by atoms with Crippen molar-refractivity contribution in [3.05, 3.63) is 52.2 Å². The van der Waals surface area contributed by atoms with Gasteiger partial charge >= 0.3 is 0 Å². The first-order chi connectivity index (χ1) is 14.1. The molecule has 0 aromatic carbocycles. The number of aryl methyl sites for hydroxylation is 3. The molecule has 0 saturated carbocycles. The molecule has 10 heteroatoms. The number of aromatic nitrogens is 6. The highest BCUT2D eigenvalue weighted by atomic mass is 32.1. The molecule has 5 rings (SSSR count). The predicted molar refractivity (Wildman–Crippen MR) is 111 cm³/mol. The Bertz CT molecular complexity index is 1200. The molecule has 0 spiro atoms. The Hall–Kier alpha value is -2.98. The van der Waals surface area contributed by atoms with Crippen molar-refractivity contribution < 1.29 is 4.74 Å². The normalized spacial score (nSPS) is 15.5. The lowest BCUT2D eigenvalue weighted by molar-refractivity contribution is 0.0117. The molecule has 29 heavy (non-hydrogen) atoms. The van der Waals surface area contributed by atoms with Crippen LogP contribution < -0.4 is 0 Å². The van der Waals surface area contributed by atoms with Gasteiger partial charge in [0.15, 0.2) is 5.65 Å². The molecule has 5 heterocycles. The first kappa shape index (κ1) is 18.1. The SMILES string of the molecule is Cn1ccc(Cc2nc3c(s2)c2c(n3C)COCN(Cc3ccn(C)n3)/N=C\2)n1. The van der Waals surface area contributed by atoms with Crippen molar-refractivity contribution >= 4 is 27.9 Å². The Kier molecular flexibility index (Phi) is 4.44. The summed E-state index contributed by atoms with van der Waals surface area (Å²) in [4.78, 5) is 4.86. The van der Waals surface area contributed by atoms with Gasteiger partial charge in [0.25, 0.3) is 0 Å². The van der Waals surface area contributed by atoms with E-state index in [-0.39, 0.29) is 0 Å². The summed E-state index contributed by atoms with van der Waals surface area (Å²) in [5, 5.41) is 16.5. The fraction of sp³-hybridized carbons (Fsp3) is 0.368. The van der Waals surface area contributed by atoms with Crippen molar-refractivity contribution in [1.29, 1.82) is 0 Å². The highest BCUT2D eigenvalue weighted by Gasteiger charge is 2.21.